The van der Waals surface area contributed by atoms with Gasteiger partial charge in [0.1, 0.15) is 0 Å². The summed E-state index contributed by atoms with van der Waals surface area (Å²) in [5, 5.41) is 0. The van der Waals surface area contributed by atoms with E-state index in [4.69, 9.17) is 5.84 Å². The summed E-state index contributed by atoms with van der Waals surface area (Å²) in [6.07, 6.45) is 1.63. The van der Waals surface area contributed by atoms with Gasteiger partial charge in [-0.2, -0.15) is 0 Å². The third-order valence-electron chi connectivity index (χ3n) is 3.70. The van der Waals surface area contributed by atoms with Gasteiger partial charge < -0.3 is 4.90 Å². The van der Waals surface area contributed by atoms with Crippen molar-refractivity contribution >= 4 is 11.8 Å². The first-order valence-electron chi connectivity index (χ1n) is 6.14. The second-order valence-corrected chi connectivity index (χ2v) is 4.95. The molecule has 2 unspecified atom stereocenters. The van der Waals surface area contributed by atoms with Crippen molar-refractivity contribution in [1.29, 1.82) is 0 Å². The molecule has 0 saturated carbocycles. The lowest BCUT2D eigenvalue weighted by molar-refractivity contribution is -0.131. The molecule has 2 amide bonds. The van der Waals surface area contributed by atoms with Crippen molar-refractivity contribution in [3.05, 3.63) is 0 Å². The molecule has 0 aromatic rings. The zero-order chi connectivity index (χ0) is 12.4. The fourth-order valence-electron chi connectivity index (χ4n) is 2.71. The minimum absolute atomic E-state index is 0.108. The number of hydrogen-bond donors (Lipinski definition) is 2. The topological polar surface area (TPSA) is 78.7 Å². The number of nitrogens with two attached hydrogens (primary N) is 1. The Labute approximate surface area is 101 Å². The Bertz CT molecular complexity index is 321. The van der Waals surface area contributed by atoms with Gasteiger partial charge in [-0.1, -0.05) is 6.92 Å². The molecule has 2 rings (SSSR count). The number of rotatable bonds is 3. The summed E-state index contributed by atoms with van der Waals surface area (Å²) in [7, 11) is 0. The molecule has 6 nitrogen and oxygen atoms in total. The lowest BCUT2D eigenvalue weighted by Gasteiger charge is -2.38. The van der Waals surface area contributed by atoms with Crippen LogP contribution in [0.3, 0.4) is 0 Å². The molecule has 0 aliphatic carbocycles. The maximum Gasteiger partial charge on any atom is 0.237 e. The van der Waals surface area contributed by atoms with Crippen molar-refractivity contribution in [3.63, 3.8) is 0 Å². The van der Waals surface area contributed by atoms with Crippen LogP contribution >= 0.6 is 0 Å². The Kier molecular flexibility index (Phi) is 3.63. The van der Waals surface area contributed by atoms with Gasteiger partial charge >= 0.3 is 0 Å². The molecule has 0 aromatic carbocycles. The van der Waals surface area contributed by atoms with Crippen molar-refractivity contribution in [2.45, 2.75) is 25.8 Å². The average Bonchev–Trinajstić information content (AvgIpc) is 2.69. The van der Waals surface area contributed by atoms with Gasteiger partial charge in [0.2, 0.25) is 11.8 Å². The van der Waals surface area contributed by atoms with Crippen LogP contribution in [0.1, 0.15) is 19.8 Å². The van der Waals surface area contributed by atoms with Crippen LogP contribution in [0.2, 0.25) is 0 Å². The quantitative estimate of drug-likeness (QED) is 0.373. The predicted molar refractivity (Wildman–Crippen MR) is 62.7 cm³/mol. The highest BCUT2D eigenvalue weighted by atomic mass is 16.2. The molecule has 0 aromatic heterocycles. The van der Waals surface area contributed by atoms with Crippen molar-refractivity contribution in [2.75, 3.05) is 26.2 Å². The van der Waals surface area contributed by atoms with Crippen LogP contribution in [-0.2, 0) is 9.59 Å². The number of piperazine rings is 1. The number of hydrogen-bond acceptors (Lipinski definition) is 4. The molecule has 2 fully saturated rings. The molecule has 2 saturated heterocycles. The van der Waals surface area contributed by atoms with E-state index in [-0.39, 0.29) is 17.7 Å². The van der Waals surface area contributed by atoms with E-state index in [9.17, 15) is 9.59 Å². The SMILES string of the molecule is CC(CN1CCN2C(=O)CCC2C1)C(=O)NN. The molecule has 2 aliphatic heterocycles. The smallest absolute Gasteiger partial charge is 0.237 e. The van der Waals surface area contributed by atoms with E-state index in [0.717, 1.165) is 26.1 Å². The summed E-state index contributed by atoms with van der Waals surface area (Å²) in [6.45, 7) is 5.11. The van der Waals surface area contributed by atoms with Crippen LogP contribution in [0.5, 0.6) is 0 Å². The van der Waals surface area contributed by atoms with Crippen LogP contribution in [0.15, 0.2) is 0 Å². The van der Waals surface area contributed by atoms with Crippen molar-refractivity contribution in [2.24, 2.45) is 11.8 Å². The summed E-state index contributed by atoms with van der Waals surface area (Å²) in [5.74, 6) is 5.15. The Morgan fingerprint density at radius 3 is 3.06 bits per heavy atom. The highest BCUT2D eigenvalue weighted by molar-refractivity contribution is 5.79. The third-order valence-corrected chi connectivity index (χ3v) is 3.70. The first-order valence-corrected chi connectivity index (χ1v) is 6.14. The zero-order valence-electron chi connectivity index (χ0n) is 10.2. The van der Waals surface area contributed by atoms with E-state index < -0.39 is 0 Å². The Hall–Kier alpha value is -1.14. The minimum atomic E-state index is -0.130. The molecule has 0 bridgehead atoms. The maximum absolute atomic E-state index is 11.5. The number of hydrazine groups is 1. The van der Waals surface area contributed by atoms with E-state index >= 15 is 0 Å². The Balaban J connectivity index is 1.85. The van der Waals surface area contributed by atoms with Crippen LogP contribution in [0.25, 0.3) is 0 Å². The average molecular weight is 240 g/mol. The molecule has 6 heteroatoms. The number of carbonyl (C=O) groups excluding carboxylic acids is 2. The van der Waals surface area contributed by atoms with Gasteiger partial charge in [0.15, 0.2) is 0 Å². The molecular formula is C11H20N4O2. The fourth-order valence-corrected chi connectivity index (χ4v) is 2.71. The number of amides is 2. The first kappa shape index (κ1) is 12.3. The van der Waals surface area contributed by atoms with E-state index in [1.165, 1.54) is 0 Å². The van der Waals surface area contributed by atoms with Crippen molar-refractivity contribution in [3.8, 4) is 0 Å². The number of fused-ring (bicyclic) bond motifs is 1. The van der Waals surface area contributed by atoms with E-state index in [1.807, 2.05) is 11.8 Å². The molecule has 3 N–H and O–H groups in total. The van der Waals surface area contributed by atoms with Gasteiger partial charge in [0.25, 0.3) is 0 Å². The number of carbonyl (C=O) groups is 2. The molecule has 2 aliphatic rings. The summed E-state index contributed by atoms with van der Waals surface area (Å²) >= 11 is 0. The highest BCUT2D eigenvalue weighted by Gasteiger charge is 2.35. The van der Waals surface area contributed by atoms with E-state index in [2.05, 4.69) is 10.3 Å². The molecule has 2 heterocycles. The monoisotopic (exact) mass is 240 g/mol. The Morgan fingerprint density at radius 1 is 1.59 bits per heavy atom. The number of nitrogens with zero attached hydrogens (tertiary/aromatic N) is 2. The molecule has 0 spiro atoms. The standard InChI is InChI=1S/C11H20N4O2/c1-8(11(17)13-12)6-14-4-5-15-9(7-14)2-3-10(15)16/h8-9H,2-7,12H2,1H3,(H,13,17). The first-order chi connectivity index (χ1) is 8.11. The van der Waals surface area contributed by atoms with E-state index in [0.29, 0.717) is 19.0 Å². The van der Waals surface area contributed by atoms with Crippen molar-refractivity contribution < 1.29 is 9.59 Å². The van der Waals surface area contributed by atoms with Gasteiger partial charge in [-0.05, 0) is 6.42 Å². The summed E-state index contributed by atoms with van der Waals surface area (Å²) in [5.41, 5.74) is 2.18. The molecular weight excluding hydrogens is 220 g/mol. The van der Waals surface area contributed by atoms with Crippen LogP contribution in [0, 0.1) is 5.92 Å². The van der Waals surface area contributed by atoms with Gasteiger partial charge in [-0.25, -0.2) is 5.84 Å². The molecule has 96 valence electrons. The van der Waals surface area contributed by atoms with Gasteiger partial charge in [0.05, 0.1) is 0 Å². The second kappa shape index (κ2) is 5.01. The van der Waals surface area contributed by atoms with Gasteiger partial charge in [-0.3, -0.25) is 19.9 Å². The Morgan fingerprint density at radius 2 is 2.35 bits per heavy atom. The van der Waals surface area contributed by atoms with Gasteiger partial charge in [-0.15, -0.1) is 0 Å². The van der Waals surface area contributed by atoms with Crippen LogP contribution in [-0.4, -0.2) is 53.8 Å². The summed E-state index contributed by atoms with van der Waals surface area (Å²) in [6, 6.07) is 0.351. The zero-order valence-corrected chi connectivity index (χ0v) is 10.2. The molecule has 17 heavy (non-hydrogen) atoms. The largest absolute Gasteiger partial charge is 0.337 e. The minimum Gasteiger partial charge on any atom is -0.337 e. The summed E-state index contributed by atoms with van der Waals surface area (Å²) < 4.78 is 0. The normalized spacial score (nSPS) is 26.8. The predicted octanol–water partition coefficient (Wildman–Crippen LogP) is -1.08. The maximum atomic E-state index is 11.5. The molecule has 0 radical (unpaired) electrons. The van der Waals surface area contributed by atoms with Crippen molar-refractivity contribution in [1.82, 2.24) is 15.2 Å². The lowest BCUT2D eigenvalue weighted by atomic mass is 10.1. The van der Waals surface area contributed by atoms with Crippen LogP contribution < -0.4 is 11.3 Å². The highest BCUT2D eigenvalue weighted by Crippen LogP contribution is 2.23. The summed E-state index contributed by atoms with van der Waals surface area (Å²) in [4.78, 5) is 27.1. The van der Waals surface area contributed by atoms with E-state index in [1.54, 1.807) is 0 Å². The number of nitrogens with one attached hydrogen (secondary N) is 1. The van der Waals surface area contributed by atoms with Crippen LogP contribution in [0.4, 0.5) is 0 Å². The van der Waals surface area contributed by atoms with Gasteiger partial charge in [0, 0.05) is 44.6 Å². The second-order valence-electron chi connectivity index (χ2n) is 4.95. The fraction of sp³-hybridized carbons (Fsp3) is 0.818. The third kappa shape index (κ3) is 2.58. The lowest BCUT2D eigenvalue weighted by Crippen LogP contribution is -2.53. The molecule has 2 atom stereocenters.